The molecule has 1 N–H and O–H groups in total. The molecule has 0 aromatic heterocycles. The summed E-state index contributed by atoms with van der Waals surface area (Å²) >= 11 is 0. The van der Waals surface area contributed by atoms with Crippen molar-refractivity contribution in [1.29, 1.82) is 0 Å². The van der Waals surface area contributed by atoms with Gasteiger partial charge in [-0.15, -0.1) is 0 Å². The minimum Gasteiger partial charge on any atom is -0.296 e. The highest BCUT2D eigenvalue weighted by atomic mass is 16.7. The lowest BCUT2D eigenvalue weighted by Crippen LogP contribution is -2.39. The van der Waals surface area contributed by atoms with Gasteiger partial charge in [-0.2, -0.15) is 5.48 Å². The van der Waals surface area contributed by atoms with E-state index in [0.717, 1.165) is 6.42 Å². The summed E-state index contributed by atoms with van der Waals surface area (Å²) in [5.41, 5.74) is 3.01. The largest absolute Gasteiger partial charge is 0.296 e. The zero-order chi connectivity index (χ0) is 9.78. The quantitative estimate of drug-likeness (QED) is 0.660. The molecule has 0 saturated carbocycles. The number of nitrogens with one attached hydrogen (secondary N) is 1. The van der Waals surface area contributed by atoms with Crippen LogP contribution in [0.5, 0.6) is 0 Å². The van der Waals surface area contributed by atoms with Gasteiger partial charge in [-0.05, 0) is 33.1 Å². The third-order valence-corrected chi connectivity index (χ3v) is 1.76. The van der Waals surface area contributed by atoms with Gasteiger partial charge in [0.25, 0.3) is 0 Å². The van der Waals surface area contributed by atoms with E-state index in [1.165, 1.54) is 0 Å². The van der Waals surface area contributed by atoms with E-state index < -0.39 is 0 Å². The standard InChI is InChI=1S/C10H23NO/c1-7-9(8(2)3)11-12-10(4,5)6/h8-9,11H,7H2,1-6H3. The molecule has 1 atom stereocenters. The van der Waals surface area contributed by atoms with Gasteiger partial charge >= 0.3 is 0 Å². The van der Waals surface area contributed by atoms with Gasteiger partial charge < -0.3 is 0 Å². The zero-order valence-electron chi connectivity index (χ0n) is 9.27. The Kier molecular flexibility index (Phi) is 4.80. The second-order valence-electron chi connectivity index (χ2n) is 4.59. The Labute approximate surface area is 76.6 Å². The molecule has 2 heteroatoms. The van der Waals surface area contributed by atoms with Gasteiger partial charge in [0.1, 0.15) is 0 Å². The Morgan fingerprint density at radius 3 is 2.00 bits per heavy atom. The fourth-order valence-corrected chi connectivity index (χ4v) is 0.943. The first-order chi connectivity index (χ1) is 5.37. The smallest absolute Gasteiger partial charge is 0.0813 e. The van der Waals surface area contributed by atoms with Crippen LogP contribution in [0.3, 0.4) is 0 Å². The lowest BCUT2D eigenvalue weighted by Gasteiger charge is -2.26. The molecule has 0 aromatic rings. The van der Waals surface area contributed by atoms with Crippen LogP contribution >= 0.6 is 0 Å². The van der Waals surface area contributed by atoms with Gasteiger partial charge in [-0.1, -0.05) is 20.8 Å². The SMILES string of the molecule is CCC(NOC(C)(C)C)C(C)C. The molecule has 0 fully saturated rings. The normalized spacial score (nSPS) is 15.2. The average molecular weight is 173 g/mol. The molecule has 0 spiro atoms. The number of hydrogen-bond donors (Lipinski definition) is 1. The molecule has 0 amide bonds. The van der Waals surface area contributed by atoms with Crippen LogP contribution in [0, 0.1) is 5.92 Å². The number of rotatable bonds is 4. The second-order valence-corrected chi connectivity index (χ2v) is 4.59. The molecule has 2 nitrogen and oxygen atoms in total. The number of hydrogen-bond acceptors (Lipinski definition) is 2. The van der Waals surface area contributed by atoms with Crippen molar-refractivity contribution in [2.24, 2.45) is 5.92 Å². The first-order valence-electron chi connectivity index (χ1n) is 4.80. The van der Waals surface area contributed by atoms with Crippen LogP contribution in [0.25, 0.3) is 0 Å². The summed E-state index contributed by atoms with van der Waals surface area (Å²) in [6.07, 6.45) is 1.10. The Morgan fingerprint density at radius 2 is 1.75 bits per heavy atom. The summed E-state index contributed by atoms with van der Waals surface area (Å²) in [6.45, 7) is 12.7. The van der Waals surface area contributed by atoms with Crippen molar-refractivity contribution in [3.63, 3.8) is 0 Å². The van der Waals surface area contributed by atoms with Crippen LogP contribution in [-0.4, -0.2) is 11.6 Å². The molecule has 0 aliphatic heterocycles. The molecule has 74 valence electrons. The third kappa shape index (κ3) is 5.56. The highest BCUT2D eigenvalue weighted by Crippen LogP contribution is 2.09. The molecule has 1 unspecified atom stereocenters. The zero-order valence-corrected chi connectivity index (χ0v) is 9.27. The van der Waals surface area contributed by atoms with E-state index in [4.69, 9.17) is 4.84 Å². The second kappa shape index (κ2) is 4.83. The lowest BCUT2D eigenvalue weighted by atomic mass is 10.0. The molecule has 0 bridgehead atoms. The van der Waals surface area contributed by atoms with E-state index in [0.29, 0.717) is 12.0 Å². The molecule has 0 radical (unpaired) electrons. The van der Waals surface area contributed by atoms with Crippen LogP contribution in [0.1, 0.15) is 48.0 Å². The summed E-state index contributed by atoms with van der Waals surface area (Å²) in [6, 6.07) is 0.462. The predicted molar refractivity (Wildman–Crippen MR) is 52.9 cm³/mol. The highest BCUT2D eigenvalue weighted by molar-refractivity contribution is 4.65. The van der Waals surface area contributed by atoms with Crippen molar-refractivity contribution in [2.45, 2.75) is 59.6 Å². The fraction of sp³-hybridized carbons (Fsp3) is 1.00. The molecular formula is C10H23NO. The van der Waals surface area contributed by atoms with E-state index in [2.05, 4.69) is 26.3 Å². The van der Waals surface area contributed by atoms with Gasteiger partial charge in [0.2, 0.25) is 0 Å². The van der Waals surface area contributed by atoms with Crippen molar-refractivity contribution >= 4 is 0 Å². The van der Waals surface area contributed by atoms with Crippen LogP contribution < -0.4 is 5.48 Å². The number of hydroxylamine groups is 1. The summed E-state index contributed by atoms with van der Waals surface area (Å²) in [7, 11) is 0. The van der Waals surface area contributed by atoms with E-state index in [1.54, 1.807) is 0 Å². The van der Waals surface area contributed by atoms with Crippen molar-refractivity contribution in [1.82, 2.24) is 5.48 Å². The minimum absolute atomic E-state index is 0.0949. The van der Waals surface area contributed by atoms with Gasteiger partial charge in [-0.3, -0.25) is 4.84 Å². The summed E-state index contributed by atoms with van der Waals surface area (Å²) in [5, 5.41) is 0. The van der Waals surface area contributed by atoms with Gasteiger partial charge in [0.05, 0.1) is 5.60 Å². The van der Waals surface area contributed by atoms with Gasteiger partial charge in [-0.25, -0.2) is 0 Å². The predicted octanol–water partition coefficient (Wildman–Crippen LogP) is 2.74. The van der Waals surface area contributed by atoms with Crippen LogP contribution in [0.4, 0.5) is 0 Å². The van der Waals surface area contributed by atoms with E-state index >= 15 is 0 Å². The molecule has 12 heavy (non-hydrogen) atoms. The first kappa shape index (κ1) is 11.9. The molecule has 0 rings (SSSR count). The highest BCUT2D eigenvalue weighted by Gasteiger charge is 2.15. The van der Waals surface area contributed by atoms with Gasteiger partial charge in [0, 0.05) is 6.04 Å². The lowest BCUT2D eigenvalue weighted by molar-refractivity contribution is -0.0947. The molecule has 0 aliphatic rings. The minimum atomic E-state index is -0.0949. The molecule has 0 aliphatic carbocycles. The third-order valence-electron chi connectivity index (χ3n) is 1.76. The van der Waals surface area contributed by atoms with Crippen LogP contribution in [-0.2, 0) is 4.84 Å². The van der Waals surface area contributed by atoms with Crippen molar-refractivity contribution < 1.29 is 4.84 Å². The van der Waals surface area contributed by atoms with Crippen molar-refractivity contribution in [3.05, 3.63) is 0 Å². The summed E-state index contributed by atoms with van der Waals surface area (Å²) < 4.78 is 0. The van der Waals surface area contributed by atoms with Crippen molar-refractivity contribution in [3.8, 4) is 0 Å². The fourth-order valence-electron chi connectivity index (χ4n) is 0.943. The summed E-state index contributed by atoms with van der Waals surface area (Å²) in [5.74, 6) is 0.623. The maximum atomic E-state index is 5.49. The molecule has 0 saturated heterocycles. The Hall–Kier alpha value is -0.0800. The Balaban J connectivity index is 3.73. The molecule has 0 aromatic carbocycles. The van der Waals surface area contributed by atoms with E-state index in [1.807, 2.05) is 20.8 Å². The van der Waals surface area contributed by atoms with E-state index in [9.17, 15) is 0 Å². The van der Waals surface area contributed by atoms with Crippen LogP contribution in [0.15, 0.2) is 0 Å². The first-order valence-corrected chi connectivity index (χ1v) is 4.80. The van der Waals surface area contributed by atoms with Crippen molar-refractivity contribution in [2.75, 3.05) is 0 Å². The maximum absolute atomic E-state index is 5.49. The summed E-state index contributed by atoms with van der Waals surface area (Å²) in [4.78, 5) is 5.49. The Bertz CT molecular complexity index is 115. The Morgan fingerprint density at radius 1 is 1.25 bits per heavy atom. The molecule has 0 heterocycles. The monoisotopic (exact) mass is 173 g/mol. The van der Waals surface area contributed by atoms with Crippen LogP contribution in [0.2, 0.25) is 0 Å². The average Bonchev–Trinajstić information content (AvgIpc) is 1.85. The van der Waals surface area contributed by atoms with Gasteiger partial charge in [0.15, 0.2) is 0 Å². The van der Waals surface area contributed by atoms with E-state index in [-0.39, 0.29) is 5.60 Å². The maximum Gasteiger partial charge on any atom is 0.0813 e. The topological polar surface area (TPSA) is 21.3 Å². The molecular weight excluding hydrogens is 150 g/mol.